The maximum atomic E-state index is 12.1. The maximum absolute atomic E-state index is 12.1. The Kier molecular flexibility index (Phi) is 6.25. The molecule has 2 amide bonds. The molecule has 0 fully saturated rings. The second-order valence-electron chi connectivity index (χ2n) is 4.22. The van der Waals surface area contributed by atoms with E-state index in [1.165, 1.54) is 12.4 Å². The van der Waals surface area contributed by atoms with E-state index in [0.29, 0.717) is 16.1 Å². The van der Waals surface area contributed by atoms with Gasteiger partial charge in [0.2, 0.25) is 0 Å². The molecule has 2 aromatic rings. The van der Waals surface area contributed by atoms with E-state index in [1.54, 1.807) is 30.3 Å². The van der Waals surface area contributed by atoms with Crippen LogP contribution in [0.1, 0.15) is 20.7 Å². The third kappa shape index (κ3) is 5.12. The van der Waals surface area contributed by atoms with Gasteiger partial charge in [0, 0.05) is 21.5 Å². The zero-order valence-corrected chi connectivity index (χ0v) is 15.2. The monoisotopic (exact) mass is 460 g/mol. The van der Waals surface area contributed by atoms with Crippen LogP contribution in [0.4, 0.5) is 0 Å². The number of amides is 2. The van der Waals surface area contributed by atoms with Crippen molar-refractivity contribution < 1.29 is 9.59 Å². The molecular weight excluding hydrogens is 451 g/mol. The molecule has 1 aromatic heterocycles. The fourth-order valence-corrected chi connectivity index (χ4v) is 2.40. The Bertz CT molecular complexity index is 758. The van der Waals surface area contributed by atoms with Crippen molar-refractivity contribution in [1.29, 1.82) is 0 Å². The standard InChI is InChI=1S/C14H10ClIN4O2S/c15-11-2-1-9(16)7-10(11)13(22)18-14(23)20-19-12(21)8-3-5-17-6-4-8/h1-7H,(H,19,21)(H2,18,20,22,23). The summed E-state index contributed by atoms with van der Waals surface area (Å²) >= 11 is 13.0. The van der Waals surface area contributed by atoms with Crippen LogP contribution in [0.15, 0.2) is 42.7 Å². The largest absolute Gasteiger partial charge is 0.298 e. The summed E-state index contributed by atoms with van der Waals surface area (Å²) in [6.45, 7) is 0. The van der Waals surface area contributed by atoms with Crippen LogP contribution in [0.25, 0.3) is 0 Å². The number of hydrogen-bond acceptors (Lipinski definition) is 4. The van der Waals surface area contributed by atoms with Gasteiger partial charge in [0.1, 0.15) is 0 Å². The molecule has 0 aliphatic heterocycles. The summed E-state index contributed by atoms with van der Waals surface area (Å²) in [5.41, 5.74) is 5.52. The molecule has 0 unspecified atom stereocenters. The Morgan fingerprint density at radius 2 is 1.78 bits per heavy atom. The molecule has 1 heterocycles. The van der Waals surface area contributed by atoms with Crippen molar-refractivity contribution in [2.45, 2.75) is 0 Å². The minimum Gasteiger partial charge on any atom is -0.298 e. The molecule has 2 rings (SSSR count). The summed E-state index contributed by atoms with van der Waals surface area (Å²) < 4.78 is 0.863. The molecule has 23 heavy (non-hydrogen) atoms. The maximum Gasteiger partial charge on any atom is 0.269 e. The Morgan fingerprint density at radius 1 is 1.09 bits per heavy atom. The molecule has 0 aliphatic rings. The number of pyridine rings is 1. The molecule has 0 atom stereocenters. The van der Waals surface area contributed by atoms with Gasteiger partial charge in [-0.05, 0) is 65.1 Å². The number of halogens is 2. The van der Waals surface area contributed by atoms with Gasteiger partial charge in [-0.1, -0.05) is 11.6 Å². The fraction of sp³-hybridized carbons (Fsp3) is 0. The summed E-state index contributed by atoms with van der Waals surface area (Å²) in [6, 6.07) is 8.14. The predicted octanol–water partition coefficient (Wildman–Crippen LogP) is 2.29. The van der Waals surface area contributed by atoms with E-state index in [1.807, 2.05) is 0 Å². The summed E-state index contributed by atoms with van der Waals surface area (Å²) in [6.07, 6.45) is 2.99. The first-order chi connectivity index (χ1) is 11.0. The summed E-state index contributed by atoms with van der Waals surface area (Å²) in [7, 11) is 0. The van der Waals surface area contributed by atoms with Gasteiger partial charge >= 0.3 is 0 Å². The third-order valence-electron chi connectivity index (χ3n) is 2.63. The zero-order valence-electron chi connectivity index (χ0n) is 11.5. The second-order valence-corrected chi connectivity index (χ2v) is 6.28. The zero-order chi connectivity index (χ0) is 16.8. The normalized spacial score (nSPS) is 9.83. The highest BCUT2D eigenvalue weighted by molar-refractivity contribution is 14.1. The molecular formula is C14H10ClIN4O2S. The Morgan fingerprint density at radius 3 is 2.48 bits per heavy atom. The van der Waals surface area contributed by atoms with Crippen molar-refractivity contribution in [1.82, 2.24) is 21.2 Å². The SMILES string of the molecule is O=C(NNC(=S)NC(=O)c1cc(I)ccc1Cl)c1ccncc1. The number of benzene rings is 1. The summed E-state index contributed by atoms with van der Waals surface area (Å²) in [5.74, 6) is -0.875. The summed E-state index contributed by atoms with van der Waals surface area (Å²) in [4.78, 5) is 27.7. The van der Waals surface area contributed by atoms with E-state index in [4.69, 9.17) is 23.8 Å². The van der Waals surface area contributed by atoms with Gasteiger partial charge in [-0.3, -0.25) is 30.7 Å². The molecule has 9 heteroatoms. The molecule has 1 aromatic carbocycles. The topological polar surface area (TPSA) is 83.1 Å². The lowest BCUT2D eigenvalue weighted by Gasteiger charge is -2.11. The lowest BCUT2D eigenvalue weighted by atomic mass is 10.2. The van der Waals surface area contributed by atoms with Crippen LogP contribution in [0.2, 0.25) is 5.02 Å². The van der Waals surface area contributed by atoms with Crippen molar-refractivity contribution >= 4 is 63.3 Å². The number of hydrogen-bond donors (Lipinski definition) is 3. The van der Waals surface area contributed by atoms with Crippen LogP contribution in [0.3, 0.4) is 0 Å². The van der Waals surface area contributed by atoms with E-state index in [9.17, 15) is 9.59 Å². The molecule has 6 nitrogen and oxygen atoms in total. The van der Waals surface area contributed by atoms with Crippen LogP contribution in [0, 0.1) is 3.57 Å². The van der Waals surface area contributed by atoms with Gasteiger partial charge in [0.25, 0.3) is 11.8 Å². The first-order valence-electron chi connectivity index (χ1n) is 6.24. The Hall–Kier alpha value is -1.78. The quantitative estimate of drug-likeness (QED) is 0.364. The first kappa shape index (κ1) is 17.6. The molecule has 0 radical (unpaired) electrons. The van der Waals surface area contributed by atoms with Crippen molar-refractivity contribution in [2.24, 2.45) is 0 Å². The highest BCUT2D eigenvalue weighted by atomic mass is 127. The highest BCUT2D eigenvalue weighted by Gasteiger charge is 2.13. The number of nitrogens with one attached hydrogen (secondary N) is 3. The number of carbonyl (C=O) groups is 2. The lowest BCUT2D eigenvalue weighted by Crippen LogP contribution is -2.48. The molecule has 118 valence electrons. The van der Waals surface area contributed by atoms with Gasteiger partial charge in [-0.2, -0.15) is 0 Å². The van der Waals surface area contributed by atoms with Crippen molar-refractivity contribution in [3.63, 3.8) is 0 Å². The third-order valence-corrected chi connectivity index (χ3v) is 3.84. The number of nitrogens with zero attached hydrogens (tertiary/aromatic N) is 1. The average Bonchev–Trinajstić information content (AvgIpc) is 2.55. The highest BCUT2D eigenvalue weighted by Crippen LogP contribution is 2.18. The van der Waals surface area contributed by atoms with Gasteiger partial charge in [-0.15, -0.1) is 0 Å². The molecule has 0 saturated heterocycles. The number of rotatable bonds is 2. The molecule has 0 aliphatic carbocycles. The minimum absolute atomic E-state index is 0.0488. The first-order valence-corrected chi connectivity index (χ1v) is 8.10. The van der Waals surface area contributed by atoms with Crippen molar-refractivity contribution in [2.75, 3.05) is 0 Å². The fourth-order valence-electron chi connectivity index (χ4n) is 1.56. The van der Waals surface area contributed by atoms with Crippen LogP contribution in [-0.4, -0.2) is 21.9 Å². The minimum atomic E-state index is -0.468. The van der Waals surface area contributed by atoms with E-state index < -0.39 is 11.8 Å². The lowest BCUT2D eigenvalue weighted by molar-refractivity contribution is 0.0934. The smallest absolute Gasteiger partial charge is 0.269 e. The Balaban J connectivity index is 1.91. The number of aromatic nitrogens is 1. The molecule has 0 bridgehead atoms. The molecule has 3 N–H and O–H groups in total. The second kappa shape index (κ2) is 8.18. The van der Waals surface area contributed by atoms with E-state index in [-0.39, 0.29) is 5.11 Å². The Labute approximate surface area is 156 Å². The summed E-state index contributed by atoms with van der Waals surface area (Å²) in [5, 5.41) is 2.70. The number of carbonyl (C=O) groups excluding carboxylic acids is 2. The molecule has 0 saturated carbocycles. The number of hydrazine groups is 1. The van der Waals surface area contributed by atoms with Crippen molar-refractivity contribution in [3.8, 4) is 0 Å². The van der Waals surface area contributed by atoms with Gasteiger partial charge in [0.05, 0.1) is 10.6 Å². The number of thiocarbonyl (C=S) groups is 1. The van der Waals surface area contributed by atoms with Gasteiger partial charge in [0.15, 0.2) is 5.11 Å². The van der Waals surface area contributed by atoms with Gasteiger partial charge < -0.3 is 0 Å². The van der Waals surface area contributed by atoms with Crippen LogP contribution in [-0.2, 0) is 0 Å². The van der Waals surface area contributed by atoms with E-state index in [0.717, 1.165) is 3.57 Å². The van der Waals surface area contributed by atoms with E-state index >= 15 is 0 Å². The van der Waals surface area contributed by atoms with Crippen LogP contribution < -0.4 is 16.2 Å². The van der Waals surface area contributed by atoms with Gasteiger partial charge in [-0.25, -0.2) is 0 Å². The molecule has 0 spiro atoms. The van der Waals surface area contributed by atoms with Crippen LogP contribution in [0.5, 0.6) is 0 Å². The van der Waals surface area contributed by atoms with E-state index in [2.05, 4.69) is 43.7 Å². The van der Waals surface area contributed by atoms with Crippen LogP contribution >= 0.6 is 46.4 Å². The average molecular weight is 461 g/mol. The predicted molar refractivity (Wildman–Crippen MR) is 99.1 cm³/mol. The van der Waals surface area contributed by atoms with Crippen molar-refractivity contribution in [3.05, 3.63) is 62.4 Å².